The van der Waals surface area contributed by atoms with Gasteiger partial charge in [-0.05, 0) is 78.9 Å². The second-order valence-corrected chi connectivity index (χ2v) is 11.5. The van der Waals surface area contributed by atoms with Gasteiger partial charge in [-0.25, -0.2) is 9.78 Å². The van der Waals surface area contributed by atoms with E-state index in [2.05, 4.69) is 15.6 Å². The molecule has 0 radical (unpaired) electrons. The molecule has 0 spiro atoms. The van der Waals surface area contributed by atoms with Crippen molar-refractivity contribution >= 4 is 57.4 Å². The zero-order chi connectivity index (χ0) is 32.2. The Labute approximate surface area is 273 Å². The van der Waals surface area contributed by atoms with Crippen LogP contribution in [0.5, 0.6) is 17.4 Å². The number of carbonyl (C=O) groups is 3. The van der Waals surface area contributed by atoms with Gasteiger partial charge in [0.25, 0.3) is 11.8 Å². The summed E-state index contributed by atoms with van der Waals surface area (Å²) in [7, 11) is 0. The molecule has 234 valence electrons. The number of fused-ring (bicyclic) bond motifs is 1. The molecule has 5 aromatic rings. The van der Waals surface area contributed by atoms with Crippen LogP contribution < -0.4 is 20.1 Å². The van der Waals surface area contributed by atoms with E-state index in [0.29, 0.717) is 11.6 Å². The number of benzene rings is 3. The molecule has 46 heavy (non-hydrogen) atoms. The minimum Gasteiger partial charge on any atom is -0.490 e. The fourth-order valence-corrected chi connectivity index (χ4v) is 5.56. The molecule has 1 aliphatic carbocycles. The molecule has 6 rings (SSSR count). The topological polar surface area (TPSA) is 140 Å². The Morgan fingerprint density at radius 1 is 0.870 bits per heavy atom. The summed E-state index contributed by atoms with van der Waals surface area (Å²) in [5.74, 6) is -0.361. The fourth-order valence-electron chi connectivity index (χ4n) is 5.25. The van der Waals surface area contributed by atoms with E-state index in [1.54, 1.807) is 24.3 Å². The summed E-state index contributed by atoms with van der Waals surface area (Å²) in [5, 5.41) is 17.1. The lowest BCUT2D eigenvalue weighted by Crippen LogP contribution is -2.39. The number of hydrogen-bond donors (Lipinski definition) is 3. The Morgan fingerprint density at radius 3 is 2.26 bits per heavy atom. The van der Waals surface area contributed by atoms with Crippen molar-refractivity contribution in [2.24, 2.45) is 0 Å². The maximum atomic E-state index is 12.6. The van der Waals surface area contributed by atoms with Gasteiger partial charge in [-0.1, -0.05) is 47.5 Å². The predicted molar refractivity (Wildman–Crippen MR) is 172 cm³/mol. The number of pyridine rings is 1. The van der Waals surface area contributed by atoms with Gasteiger partial charge in [0.1, 0.15) is 22.8 Å². The minimum absolute atomic E-state index is 0.00638. The standard InChI is InChI=1S/C34H27Cl2N3O7/c35-27-18-44-31(30(27)36)33(41)38-22-8-12-23(13-9-22)45-24-10-5-20-16-25(11-6-19(20)15-24)46-29-14-7-21(17-37-29)32(40)39-28-4-2-1-3-26(28)34(42)43/h1-7,10-11,14-18,22-23H,8-9,12-13H2,(H,38,41)(H,39,40)(H,42,43). The number of carboxylic acids is 1. The lowest BCUT2D eigenvalue weighted by molar-refractivity contribution is 0.0697. The number of halogens is 2. The van der Waals surface area contributed by atoms with E-state index in [-0.39, 0.29) is 50.7 Å². The first-order valence-electron chi connectivity index (χ1n) is 14.4. The van der Waals surface area contributed by atoms with Crippen molar-refractivity contribution in [3.05, 3.63) is 112 Å². The first-order valence-corrected chi connectivity index (χ1v) is 15.2. The van der Waals surface area contributed by atoms with Crippen molar-refractivity contribution in [1.82, 2.24) is 10.3 Å². The summed E-state index contributed by atoms with van der Waals surface area (Å²) >= 11 is 11.9. The number of para-hydroxylation sites is 1. The van der Waals surface area contributed by atoms with Gasteiger partial charge in [0.15, 0.2) is 0 Å². The van der Waals surface area contributed by atoms with E-state index in [0.717, 1.165) is 42.2 Å². The Bertz CT molecular complexity index is 1920. The van der Waals surface area contributed by atoms with E-state index >= 15 is 0 Å². The maximum absolute atomic E-state index is 12.6. The van der Waals surface area contributed by atoms with Crippen LogP contribution in [-0.4, -0.2) is 40.0 Å². The molecule has 0 unspecified atom stereocenters. The summed E-state index contributed by atoms with van der Waals surface area (Å²) in [6.45, 7) is 0. The Morgan fingerprint density at radius 2 is 1.59 bits per heavy atom. The van der Waals surface area contributed by atoms with Crippen molar-refractivity contribution in [2.75, 3.05) is 5.32 Å². The van der Waals surface area contributed by atoms with Crippen molar-refractivity contribution in [3.63, 3.8) is 0 Å². The highest BCUT2D eigenvalue weighted by atomic mass is 35.5. The highest BCUT2D eigenvalue weighted by Gasteiger charge is 2.26. The third-order valence-electron chi connectivity index (χ3n) is 7.62. The number of carbonyl (C=O) groups excluding carboxylic acids is 2. The van der Waals surface area contributed by atoms with Crippen LogP contribution in [0, 0.1) is 0 Å². The number of ether oxygens (including phenoxy) is 2. The summed E-state index contributed by atoms with van der Waals surface area (Å²) in [6, 6.07) is 20.8. The van der Waals surface area contributed by atoms with Crippen LogP contribution in [0.25, 0.3) is 10.8 Å². The largest absolute Gasteiger partial charge is 0.490 e. The van der Waals surface area contributed by atoms with Gasteiger partial charge in [0, 0.05) is 18.3 Å². The molecule has 3 aromatic carbocycles. The monoisotopic (exact) mass is 659 g/mol. The molecule has 1 saturated carbocycles. The Kier molecular flexibility index (Phi) is 9.09. The molecule has 12 heteroatoms. The maximum Gasteiger partial charge on any atom is 0.337 e. The van der Waals surface area contributed by atoms with Gasteiger partial charge in [-0.3, -0.25) is 9.59 Å². The van der Waals surface area contributed by atoms with E-state index in [1.807, 2.05) is 36.4 Å². The minimum atomic E-state index is -1.14. The number of nitrogens with zero attached hydrogens (tertiary/aromatic N) is 1. The Hall–Kier alpha value is -5.06. The smallest absolute Gasteiger partial charge is 0.337 e. The van der Waals surface area contributed by atoms with E-state index < -0.39 is 11.9 Å². The summed E-state index contributed by atoms with van der Waals surface area (Å²) < 4.78 is 17.3. The zero-order valence-electron chi connectivity index (χ0n) is 24.2. The van der Waals surface area contributed by atoms with Crippen LogP contribution in [0.1, 0.15) is 57.0 Å². The van der Waals surface area contributed by atoms with E-state index in [9.17, 15) is 19.5 Å². The fraction of sp³-hybridized carbons (Fsp3) is 0.176. The van der Waals surface area contributed by atoms with E-state index in [4.69, 9.17) is 37.1 Å². The number of hydrogen-bond acceptors (Lipinski definition) is 7. The number of anilines is 1. The van der Waals surface area contributed by atoms with Crippen molar-refractivity contribution in [1.29, 1.82) is 0 Å². The molecule has 1 aliphatic rings. The lowest BCUT2D eigenvalue weighted by Gasteiger charge is -2.29. The third kappa shape index (κ3) is 7.09. The van der Waals surface area contributed by atoms with Crippen molar-refractivity contribution in [2.45, 2.75) is 37.8 Å². The molecule has 10 nitrogen and oxygen atoms in total. The number of aromatic carboxylic acids is 1. The van der Waals surface area contributed by atoms with Crippen molar-refractivity contribution in [3.8, 4) is 17.4 Å². The molecule has 0 aliphatic heterocycles. The van der Waals surface area contributed by atoms with Crippen LogP contribution in [0.15, 0.2) is 89.7 Å². The number of furan rings is 1. The number of nitrogens with one attached hydrogen (secondary N) is 2. The van der Waals surface area contributed by atoms with Gasteiger partial charge in [0.05, 0.1) is 27.9 Å². The molecule has 0 bridgehead atoms. The summed E-state index contributed by atoms with van der Waals surface area (Å²) in [5.41, 5.74) is 0.441. The average Bonchev–Trinajstić information content (AvgIpc) is 3.40. The second kappa shape index (κ2) is 13.5. The number of amides is 2. The summed E-state index contributed by atoms with van der Waals surface area (Å²) in [4.78, 5) is 40.8. The van der Waals surface area contributed by atoms with Crippen LogP contribution in [0.2, 0.25) is 10.0 Å². The third-order valence-corrected chi connectivity index (χ3v) is 8.37. The normalized spacial score (nSPS) is 16.0. The second-order valence-electron chi connectivity index (χ2n) is 10.8. The molecule has 2 aromatic heterocycles. The van der Waals surface area contributed by atoms with Crippen LogP contribution >= 0.6 is 23.2 Å². The molecule has 1 fully saturated rings. The Balaban J connectivity index is 1.02. The first kappa shape index (κ1) is 30.9. The number of rotatable bonds is 9. The molecule has 0 saturated heterocycles. The summed E-state index contributed by atoms with van der Waals surface area (Å²) in [6.07, 6.45) is 5.72. The SMILES string of the molecule is O=C(Nc1ccccc1C(=O)O)c1ccc(Oc2ccc3cc(OC4CCC(NC(=O)c5occ(Cl)c5Cl)CC4)ccc3c2)nc1. The zero-order valence-corrected chi connectivity index (χ0v) is 25.7. The molecular formula is C34H27Cl2N3O7. The van der Waals surface area contributed by atoms with Crippen molar-refractivity contribution < 1.29 is 33.4 Å². The molecular weight excluding hydrogens is 633 g/mol. The predicted octanol–water partition coefficient (Wildman–Crippen LogP) is 8.00. The van der Waals surface area contributed by atoms with Gasteiger partial charge < -0.3 is 29.6 Å². The van der Waals surface area contributed by atoms with Crippen LogP contribution in [-0.2, 0) is 0 Å². The number of carboxylic acid groups (broad SMARTS) is 1. The molecule has 3 N–H and O–H groups in total. The lowest BCUT2D eigenvalue weighted by atomic mass is 9.93. The van der Waals surface area contributed by atoms with Crippen LogP contribution in [0.3, 0.4) is 0 Å². The quantitative estimate of drug-likeness (QED) is 0.145. The highest BCUT2D eigenvalue weighted by molar-refractivity contribution is 6.43. The van der Waals surface area contributed by atoms with Gasteiger partial charge in [-0.15, -0.1) is 0 Å². The molecule has 0 atom stereocenters. The van der Waals surface area contributed by atoms with Gasteiger partial charge >= 0.3 is 5.97 Å². The first-order chi connectivity index (χ1) is 22.2. The van der Waals surface area contributed by atoms with Gasteiger partial charge in [0.2, 0.25) is 11.6 Å². The molecule has 2 heterocycles. The average molecular weight is 661 g/mol. The van der Waals surface area contributed by atoms with Crippen LogP contribution in [0.4, 0.5) is 5.69 Å². The molecule has 2 amide bonds. The highest BCUT2D eigenvalue weighted by Crippen LogP contribution is 2.31. The number of aromatic nitrogens is 1. The van der Waals surface area contributed by atoms with Gasteiger partial charge in [-0.2, -0.15) is 0 Å². The van der Waals surface area contributed by atoms with E-state index in [1.165, 1.54) is 24.6 Å².